The molecule has 0 aliphatic carbocycles. The van der Waals surface area contributed by atoms with E-state index in [1.54, 1.807) is 12.1 Å². The lowest BCUT2D eigenvalue weighted by Gasteiger charge is -2.09. The van der Waals surface area contributed by atoms with Gasteiger partial charge in [0.2, 0.25) is 5.91 Å². The predicted octanol–water partition coefficient (Wildman–Crippen LogP) is 5.66. The van der Waals surface area contributed by atoms with Gasteiger partial charge in [-0.3, -0.25) is 4.79 Å². The smallest absolute Gasteiger partial charge is 0.234 e. The Hall–Kier alpha value is -2.94. The molecule has 0 atom stereocenters. The van der Waals surface area contributed by atoms with Crippen molar-refractivity contribution in [1.29, 1.82) is 5.26 Å². The van der Waals surface area contributed by atoms with E-state index >= 15 is 0 Å². The van der Waals surface area contributed by atoms with Crippen LogP contribution in [0.4, 0.5) is 5.69 Å². The van der Waals surface area contributed by atoms with Crippen LogP contribution < -0.4 is 10.1 Å². The van der Waals surface area contributed by atoms with Crippen LogP contribution in [-0.2, 0) is 17.2 Å². The summed E-state index contributed by atoms with van der Waals surface area (Å²) >= 11 is 7.40. The van der Waals surface area contributed by atoms with Crippen molar-refractivity contribution in [3.63, 3.8) is 0 Å². The molecule has 0 heterocycles. The Morgan fingerprint density at radius 3 is 2.28 bits per heavy atom. The number of ether oxygens (including phenoxy) is 1. The maximum absolute atomic E-state index is 12.1. The highest BCUT2D eigenvalue weighted by Gasteiger charge is 2.04. The Labute approximate surface area is 179 Å². The van der Waals surface area contributed by atoms with Gasteiger partial charge in [-0.2, -0.15) is 5.26 Å². The van der Waals surface area contributed by atoms with Crippen LogP contribution in [0.5, 0.6) is 5.75 Å². The number of thioether (sulfide) groups is 1. The molecule has 0 aliphatic heterocycles. The van der Waals surface area contributed by atoms with Gasteiger partial charge in [0.25, 0.3) is 0 Å². The molecule has 0 fully saturated rings. The Balaban J connectivity index is 1.40. The lowest BCUT2D eigenvalue weighted by Crippen LogP contribution is -2.14. The number of carbonyl (C=O) groups excluding carboxylic acids is 1. The molecule has 0 saturated carbocycles. The highest BCUT2D eigenvalue weighted by atomic mass is 35.5. The van der Waals surface area contributed by atoms with Gasteiger partial charge >= 0.3 is 0 Å². The van der Waals surface area contributed by atoms with Crippen LogP contribution >= 0.6 is 23.4 Å². The van der Waals surface area contributed by atoms with Crippen LogP contribution in [0.25, 0.3) is 0 Å². The number of nitriles is 1. The van der Waals surface area contributed by atoms with Gasteiger partial charge in [0.1, 0.15) is 12.4 Å². The second-order valence-electron chi connectivity index (χ2n) is 6.29. The largest absolute Gasteiger partial charge is 0.489 e. The Morgan fingerprint density at radius 1 is 0.966 bits per heavy atom. The van der Waals surface area contributed by atoms with Crippen LogP contribution in [-0.4, -0.2) is 11.7 Å². The molecule has 1 N–H and O–H groups in total. The summed E-state index contributed by atoms with van der Waals surface area (Å²) in [6.45, 7) is 0.453. The molecule has 0 saturated heterocycles. The molecule has 0 unspecified atom stereocenters. The minimum atomic E-state index is -0.0570. The molecule has 0 aliphatic rings. The zero-order valence-corrected chi connectivity index (χ0v) is 17.2. The molecular formula is C23H19ClN2O2S. The fourth-order valence-corrected chi connectivity index (χ4v) is 3.43. The van der Waals surface area contributed by atoms with Crippen molar-refractivity contribution in [1.82, 2.24) is 0 Å². The number of benzene rings is 3. The van der Waals surface area contributed by atoms with Gasteiger partial charge in [0.05, 0.1) is 17.4 Å². The second kappa shape index (κ2) is 10.6. The van der Waals surface area contributed by atoms with Crippen LogP contribution in [0.15, 0.2) is 72.8 Å². The normalized spacial score (nSPS) is 10.2. The average Bonchev–Trinajstić information content (AvgIpc) is 2.75. The number of rotatable bonds is 8. The molecule has 0 bridgehead atoms. The van der Waals surface area contributed by atoms with E-state index in [1.165, 1.54) is 11.8 Å². The summed E-state index contributed by atoms with van der Waals surface area (Å²) in [5, 5.41) is 12.4. The maximum atomic E-state index is 12.1. The molecule has 0 radical (unpaired) electrons. The van der Waals surface area contributed by atoms with E-state index in [0.717, 1.165) is 28.3 Å². The van der Waals surface area contributed by atoms with Gasteiger partial charge in [0, 0.05) is 16.5 Å². The number of hydrogen-bond donors (Lipinski definition) is 1. The molecule has 4 nitrogen and oxygen atoms in total. The van der Waals surface area contributed by atoms with Gasteiger partial charge < -0.3 is 10.1 Å². The first kappa shape index (κ1) is 20.8. The fourth-order valence-electron chi connectivity index (χ4n) is 2.52. The molecule has 3 aromatic carbocycles. The summed E-state index contributed by atoms with van der Waals surface area (Å²) in [7, 11) is 0. The number of anilines is 1. The average molecular weight is 423 g/mol. The van der Waals surface area contributed by atoms with Crippen LogP contribution in [0.3, 0.4) is 0 Å². The van der Waals surface area contributed by atoms with Gasteiger partial charge in [-0.05, 0) is 59.7 Å². The lowest BCUT2D eigenvalue weighted by atomic mass is 10.2. The fraction of sp³-hybridized carbons (Fsp3) is 0.130. The molecule has 3 rings (SSSR count). The summed E-state index contributed by atoms with van der Waals surface area (Å²) in [4.78, 5) is 12.1. The van der Waals surface area contributed by atoms with Gasteiger partial charge in [0.15, 0.2) is 0 Å². The minimum absolute atomic E-state index is 0.0570. The standard InChI is InChI=1S/C23H19ClN2O2S/c24-20-7-5-18(6-8-20)14-28-22-11-9-21(10-12-22)26-23(27)16-29-15-19-3-1-17(13-25)2-4-19/h1-12H,14-16H2,(H,26,27). The second-order valence-corrected chi connectivity index (χ2v) is 7.71. The molecule has 6 heteroatoms. The summed E-state index contributed by atoms with van der Waals surface area (Å²) < 4.78 is 5.74. The lowest BCUT2D eigenvalue weighted by molar-refractivity contribution is -0.113. The van der Waals surface area contributed by atoms with Crippen LogP contribution in [0, 0.1) is 11.3 Å². The number of nitrogens with one attached hydrogen (secondary N) is 1. The molecular weight excluding hydrogens is 404 g/mol. The van der Waals surface area contributed by atoms with E-state index in [4.69, 9.17) is 21.6 Å². The van der Waals surface area contributed by atoms with E-state index in [2.05, 4.69) is 11.4 Å². The molecule has 0 aromatic heterocycles. The van der Waals surface area contributed by atoms with Crippen LogP contribution in [0.2, 0.25) is 5.02 Å². The first-order chi connectivity index (χ1) is 14.1. The van der Waals surface area contributed by atoms with Gasteiger partial charge in [-0.15, -0.1) is 11.8 Å². The molecule has 0 spiro atoms. The van der Waals surface area contributed by atoms with Gasteiger partial charge in [-0.25, -0.2) is 0 Å². The summed E-state index contributed by atoms with van der Waals surface area (Å²) in [5.74, 6) is 1.75. The molecule has 29 heavy (non-hydrogen) atoms. The monoisotopic (exact) mass is 422 g/mol. The summed E-state index contributed by atoms with van der Waals surface area (Å²) in [5.41, 5.74) is 3.49. The number of carbonyl (C=O) groups is 1. The molecule has 146 valence electrons. The number of nitrogens with zero attached hydrogens (tertiary/aromatic N) is 1. The SMILES string of the molecule is N#Cc1ccc(CSCC(=O)Nc2ccc(OCc3ccc(Cl)cc3)cc2)cc1. The van der Waals surface area contributed by atoms with Crippen molar-refractivity contribution in [2.24, 2.45) is 0 Å². The zero-order valence-electron chi connectivity index (χ0n) is 15.6. The predicted molar refractivity (Wildman–Crippen MR) is 118 cm³/mol. The van der Waals surface area contributed by atoms with Crippen molar-refractivity contribution >= 4 is 35.0 Å². The van der Waals surface area contributed by atoms with Gasteiger partial charge in [-0.1, -0.05) is 35.9 Å². The minimum Gasteiger partial charge on any atom is -0.489 e. The third kappa shape index (κ3) is 6.86. The molecule has 3 aromatic rings. The topological polar surface area (TPSA) is 62.1 Å². The van der Waals surface area contributed by atoms with Crippen LogP contribution in [0.1, 0.15) is 16.7 Å². The Kier molecular flexibility index (Phi) is 7.57. The number of amides is 1. The first-order valence-electron chi connectivity index (χ1n) is 8.96. The van der Waals surface area contributed by atoms with Crippen molar-refractivity contribution in [3.05, 3.63) is 94.5 Å². The van der Waals surface area contributed by atoms with E-state index in [9.17, 15) is 4.79 Å². The quantitative estimate of drug-likeness (QED) is 0.508. The number of halogens is 1. The van der Waals surface area contributed by atoms with Crippen molar-refractivity contribution in [2.45, 2.75) is 12.4 Å². The Morgan fingerprint density at radius 2 is 1.62 bits per heavy atom. The highest BCUT2D eigenvalue weighted by molar-refractivity contribution is 7.99. The third-order valence-corrected chi connectivity index (χ3v) is 5.30. The van der Waals surface area contributed by atoms with Crippen molar-refractivity contribution in [3.8, 4) is 11.8 Å². The van der Waals surface area contributed by atoms with Crippen molar-refractivity contribution < 1.29 is 9.53 Å². The highest BCUT2D eigenvalue weighted by Crippen LogP contribution is 2.19. The van der Waals surface area contributed by atoms with E-state index < -0.39 is 0 Å². The van der Waals surface area contributed by atoms with E-state index in [1.807, 2.05) is 60.7 Å². The number of hydrogen-bond acceptors (Lipinski definition) is 4. The van der Waals surface area contributed by atoms with Crippen molar-refractivity contribution in [2.75, 3.05) is 11.1 Å². The Bertz CT molecular complexity index is 981. The van der Waals surface area contributed by atoms with E-state index in [-0.39, 0.29) is 5.91 Å². The third-order valence-electron chi connectivity index (χ3n) is 4.04. The zero-order chi connectivity index (χ0) is 20.5. The molecule has 1 amide bonds. The van der Waals surface area contributed by atoms with E-state index in [0.29, 0.717) is 22.9 Å². The summed E-state index contributed by atoms with van der Waals surface area (Å²) in [6.07, 6.45) is 0. The maximum Gasteiger partial charge on any atom is 0.234 e. The first-order valence-corrected chi connectivity index (χ1v) is 10.5. The summed E-state index contributed by atoms with van der Waals surface area (Å²) in [6, 6.07) is 24.3.